The van der Waals surface area contributed by atoms with E-state index >= 15 is 0 Å². The lowest BCUT2D eigenvalue weighted by atomic mass is 9.98. The van der Waals surface area contributed by atoms with Crippen LogP contribution in [-0.4, -0.2) is 30.7 Å². The van der Waals surface area contributed by atoms with Crippen LogP contribution in [-0.2, 0) is 4.79 Å². The fourth-order valence-electron chi connectivity index (χ4n) is 1.77. The van der Waals surface area contributed by atoms with Crippen LogP contribution in [0.3, 0.4) is 0 Å². The lowest BCUT2D eigenvalue weighted by molar-refractivity contribution is -0.152. The molecule has 7 nitrogen and oxygen atoms in total. The molecule has 0 spiro atoms. The Balaban J connectivity index is 2.07. The van der Waals surface area contributed by atoms with Crippen molar-refractivity contribution in [3.8, 4) is 5.82 Å². The van der Waals surface area contributed by atoms with E-state index in [1.807, 2.05) is 6.07 Å². The third kappa shape index (κ3) is 2.61. The highest BCUT2D eigenvalue weighted by Gasteiger charge is 2.25. The van der Waals surface area contributed by atoms with E-state index in [0.29, 0.717) is 11.5 Å². The number of rotatable bonds is 2. The molecule has 0 fully saturated rings. The molecule has 3 heterocycles. The van der Waals surface area contributed by atoms with Gasteiger partial charge in [0.25, 0.3) is 0 Å². The Kier molecular flexibility index (Phi) is 3.48. The summed E-state index contributed by atoms with van der Waals surface area (Å²) in [6, 6.07) is 3.63. The molecule has 0 atom stereocenters. The molecule has 0 unspecified atom stereocenters. The summed E-state index contributed by atoms with van der Waals surface area (Å²) < 4.78 is 2.18. The average molecular weight is 364 g/mol. The molecule has 0 aliphatic heterocycles. The average Bonchev–Trinajstić information content (AvgIpc) is 3.07. The summed E-state index contributed by atoms with van der Waals surface area (Å²) in [5, 5.41) is 8.94. The fraction of sp³-hybridized carbons (Fsp3) is 0.286. The van der Waals surface area contributed by atoms with Gasteiger partial charge in [0.1, 0.15) is 0 Å². The van der Waals surface area contributed by atoms with Crippen LogP contribution in [0.5, 0.6) is 0 Å². The minimum absolute atomic E-state index is 0.342. The Labute approximate surface area is 135 Å². The highest BCUT2D eigenvalue weighted by molar-refractivity contribution is 9.10. The third-order valence-electron chi connectivity index (χ3n) is 2.98. The molecule has 3 aromatic heterocycles. The normalized spacial score (nSPS) is 11.8. The molecule has 0 bridgehead atoms. The van der Waals surface area contributed by atoms with E-state index < -0.39 is 5.41 Å². The highest BCUT2D eigenvalue weighted by Crippen LogP contribution is 2.25. The number of aromatic nitrogens is 5. The quantitative estimate of drug-likeness (QED) is 0.698. The molecule has 0 amide bonds. The second-order valence-electron chi connectivity index (χ2n) is 5.79. The van der Waals surface area contributed by atoms with E-state index in [1.54, 1.807) is 45.4 Å². The van der Waals surface area contributed by atoms with Crippen LogP contribution in [0.4, 0.5) is 0 Å². The molecule has 114 valence electrons. The van der Waals surface area contributed by atoms with Gasteiger partial charge in [-0.3, -0.25) is 0 Å². The molecular formula is C14H14BrN5O2. The number of pyridine rings is 1. The minimum atomic E-state index is -0.602. The molecule has 0 aliphatic carbocycles. The van der Waals surface area contributed by atoms with Crippen molar-refractivity contribution in [3.63, 3.8) is 0 Å². The van der Waals surface area contributed by atoms with E-state index in [4.69, 9.17) is 4.84 Å². The lowest BCUT2D eigenvalue weighted by Gasteiger charge is -2.16. The molecule has 0 N–H and O–H groups in total. The zero-order valence-corrected chi connectivity index (χ0v) is 13.9. The number of nitrogens with zero attached hydrogens (tertiary/aromatic N) is 5. The van der Waals surface area contributed by atoms with Crippen molar-refractivity contribution in [2.45, 2.75) is 20.8 Å². The summed E-state index contributed by atoms with van der Waals surface area (Å²) in [6.07, 6.45) is 4.79. The number of carbonyl (C=O) groups excluding carboxylic acids is 1. The van der Waals surface area contributed by atoms with Gasteiger partial charge < -0.3 is 4.84 Å². The maximum Gasteiger partial charge on any atom is 0.338 e. The zero-order valence-electron chi connectivity index (χ0n) is 12.3. The summed E-state index contributed by atoms with van der Waals surface area (Å²) in [7, 11) is 0. The van der Waals surface area contributed by atoms with Crippen LogP contribution >= 0.6 is 15.9 Å². The maximum atomic E-state index is 12.1. The fourth-order valence-corrected chi connectivity index (χ4v) is 2.28. The first-order chi connectivity index (χ1) is 10.4. The maximum absolute atomic E-state index is 12.1. The molecule has 0 radical (unpaired) electrons. The van der Waals surface area contributed by atoms with Crippen molar-refractivity contribution in [3.05, 3.63) is 35.2 Å². The number of hydrogen-bond acceptors (Lipinski definition) is 5. The predicted octanol–water partition coefficient (Wildman–Crippen LogP) is 2.38. The van der Waals surface area contributed by atoms with Crippen LogP contribution in [0.1, 0.15) is 20.8 Å². The number of halogens is 1. The smallest absolute Gasteiger partial charge is 0.334 e. The van der Waals surface area contributed by atoms with Gasteiger partial charge in [-0.05, 0) is 48.8 Å². The van der Waals surface area contributed by atoms with E-state index in [1.165, 1.54) is 9.53 Å². The van der Waals surface area contributed by atoms with Gasteiger partial charge in [-0.1, -0.05) is 0 Å². The van der Waals surface area contributed by atoms with Gasteiger partial charge >= 0.3 is 5.97 Å². The van der Waals surface area contributed by atoms with E-state index in [9.17, 15) is 4.79 Å². The monoisotopic (exact) mass is 363 g/mol. The van der Waals surface area contributed by atoms with Crippen LogP contribution < -0.4 is 4.84 Å². The molecule has 3 rings (SSSR count). The number of fused-ring (bicyclic) bond motifs is 1. The van der Waals surface area contributed by atoms with Gasteiger partial charge in [0, 0.05) is 16.1 Å². The SMILES string of the molecule is CC(C)(C)C(=O)On1ccc2c(Br)cc(-n3nccn3)nc21. The van der Waals surface area contributed by atoms with Crippen molar-refractivity contribution >= 4 is 32.9 Å². The van der Waals surface area contributed by atoms with Gasteiger partial charge in [-0.25, -0.2) is 9.78 Å². The Morgan fingerprint density at radius 1 is 1.27 bits per heavy atom. The summed E-state index contributed by atoms with van der Waals surface area (Å²) in [5.74, 6) is 0.182. The van der Waals surface area contributed by atoms with Gasteiger partial charge in [0.15, 0.2) is 11.5 Å². The summed E-state index contributed by atoms with van der Waals surface area (Å²) in [4.78, 5) is 23.3. The first-order valence-electron chi connectivity index (χ1n) is 6.63. The zero-order chi connectivity index (χ0) is 15.9. The van der Waals surface area contributed by atoms with Gasteiger partial charge in [-0.15, -0.1) is 4.80 Å². The Hall–Kier alpha value is -2.22. The van der Waals surface area contributed by atoms with E-state index in [-0.39, 0.29) is 5.97 Å². The van der Waals surface area contributed by atoms with Crippen molar-refractivity contribution < 1.29 is 9.63 Å². The second kappa shape index (κ2) is 5.20. The third-order valence-corrected chi connectivity index (χ3v) is 3.63. The highest BCUT2D eigenvalue weighted by atomic mass is 79.9. The molecule has 0 aliphatic rings. The van der Waals surface area contributed by atoms with Crippen molar-refractivity contribution in [1.29, 1.82) is 0 Å². The van der Waals surface area contributed by atoms with Crippen molar-refractivity contribution in [1.82, 2.24) is 24.7 Å². The first kappa shape index (κ1) is 14.7. The minimum Gasteiger partial charge on any atom is -0.334 e. The largest absolute Gasteiger partial charge is 0.338 e. The van der Waals surface area contributed by atoms with E-state index in [2.05, 4.69) is 31.1 Å². The number of carbonyl (C=O) groups is 1. The predicted molar refractivity (Wildman–Crippen MR) is 83.4 cm³/mol. The molecule has 22 heavy (non-hydrogen) atoms. The Bertz CT molecular complexity index is 833. The van der Waals surface area contributed by atoms with Crippen LogP contribution in [0.25, 0.3) is 16.9 Å². The molecule has 0 saturated heterocycles. The van der Waals surface area contributed by atoms with Crippen LogP contribution in [0.2, 0.25) is 0 Å². The number of hydrogen-bond donors (Lipinski definition) is 0. The topological polar surface area (TPSA) is 74.8 Å². The van der Waals surface area contributed by atoms with Crippen LogP contribution in [0, 0.1) is 5.41 Å². The summed E-state index contributed by atoms with van der Waals surface area (Å²) in [5.41, 5.74) is -0.0890. The summed E-state index contributed by atoms with van der Waals surface area (Å²) in [6.45, 7) is 5.39. The lowest BCUT2D eigenvalue weighted by Crippen LogP contribution is -2.31. The van der Waals surface area contributed by atoms with Gasteiger partial charge in [0.2, 0.25) is 0 Å². The molecule has 8 heteroatoms. The van der Waals surface area contributed by atoms with E-state index in [0.717, 1.165) is 9.86 Å². The molecule has 3 aromatic rings. The molecule has 0 aromatic carbocycles. The first-order valence-corrected chi connectivity index (χ1v) is 7.42. The van der Waals surface area contributed by atoms with Gasteiger partial charge in [-0.2, -0.15) is 14.9 Å². The van der Waals surface area contributed by atoms with Gasteiger partial charge in [0.05, 0.1) is 17.8 Å². The summed E-state index contributed by atoms with van der Waals surface area (Å²) >= 11 is 3.49. The van der Waals surface area contributed by atoms with Crippen molar-refractivity contribution in [2.75, 3.05) is 0 Å². The molecule has 0 saturated carbocycles. The Morgan fingerprint density at radius 3 is 2.59 bits per heavy atom. The van der Waals surface area contributed by atoms with Crippen molar-refractivity contribution in [2.24, 2.45) is 5.41 Å². The standard InChI is InChI=1S/C14H14BrN5O2/c1-14(2,3)13(21)22-19-7-4-9-10(15)8-11(18-12(9)19)20-16-5-6-17-20/h4-8H,1-3H3. The Morgan fingerprint density at radius 2 is 1.95 bits per heavy atom. The second-order valence-corrected chi connectivity index (χ2v) is 6.64. The molecular weight excluding hydrogens is 350 g/mol. The van der Waals surface area contributed by atoms with Crippen LogP contribution in [0.15, 0.2) is 35.2 Å².